The highest BCUT2D eigenvalue weighted by atomic mass is 79.9. The van der Waals surface area contributed by atoms with Crippen LogP contribution in [0.2, 0.25) is 0 Å². The molecule has 2 saturated heterocycles. The maximum absolute atomic E-state index is 14.2. The Morgan fingerprint density at radius 3 is 2.33 bits per heavy atom. The van der Waals surface area contributed by atoms with Gasteiger partial charge in [-0.3, -0.25) is 19.2 Å². The van der Waals surface area contributed by atoms with Crippen molar-refractivity contribution in [3.8, 4) is 11.5 Å². The van der Waals surface area contributed by atoms with Gasteiger partial charge in [-0.15, -0.1) is 0 Å². The lowest BCUT2D eigenvalue weighted by atomic mass is 9.86. The number of esters is 1. The molecule has 2 amide bonds. The molecule has 196 valence electrons. The van der Waals surface area contributed by atoms with Gasteiger partial charge in [0.25, 0.3) is 0 Å². The summed E-state index contributed by atoms with van der Waals surface area (Å²) < 4.78 is 11.0. The number of Topliss-reactive ketones (excluding diaryl/α,β-unsaturated/α-hetero) is 1. The number of rotatable bonds is 5. The number of fused-ring (bicyclic) bond motifs is 5. The number of amides is 2. The SMILES string of the molecule is COc1ccc(C(=O)[C@@H]2[C@@H]3C(=O)N(c4ccc(OC(C)=O)cc4)C(=O)[C@@H]3[C@H]3C=Cc4ccccc4N32)cc1Br. The smallest absolute Gasteiger partial charge is 0.308 e. The zero-order valence-corrected chi connectivity index (χ0v) is 22.6. The van der Waals surface area contributed by atoms with Crippen molar-refractivity contribution in [3.05, 3.63) is 88.4 Å². The molecule has 0 N–H and O–H groups in total. The number of hydrogen-bond acceptors (Lipinski definition) is 7. The number of ketones is 1. The molecule has 39 heavy (non-hydrogen) atoms. The third-order valence-corrected chi connectivity index (χ3v) is 8.10. The van der Waals surface area contributed by atoms with E-state index < -0.39 is 35.8 Å². The summed E-state index contributed by atoms with van der Waals surface area (Å²) >= 11 is 3.45. The minimum atomic E-state index is -0.895. The fourth-order valence-electron chi connectivity index (χ4n) is 5.89. The van der Waals surface area contributed by atoms with E-state index >= 15 is 0 Å². The zero-order chi connectivity index (χ0) is 27.4. The summed E-state index contributed by atoms with van der Waals surface area (Å²) in [6, 6.07) is 17.5. The fourth-order valence-corrected chi connectivity index (χ4v) is 6.43. The van der Waals surface area contributed by atoms with Crippen molar-refractivity contribution in [1.29, 1.82) is 0 Å². The number of benzene rings is 3. The number of methoxy groups -OCH3 is 1. The maximum atomic E-state index is 14.2. The number of hydrogen-bond donors (Lipinski definition) is 0. The summed E-state index contributed by atoms with van der Waals surface area (Å²) in [5, 5.41) is 0. The normalized spacial score (nSPS) is 22.8. The number of nitrogens with zero attached hydrogens (tertiary/aromatic N) is 2. The van der Waals surface area contributed by atoms with Crippen LogP contribution in [-0.4, -0.2) is 42.8 Å². The summed E-state index contributed by atoms with van der Waals surface area (Å²) in [6.45, 7) is 1.29. The number of carbonyl (C=O) groups is 4. The highest BCUT2D eigenvalue weighted by molar-refractivity contribution is 9.10. The van der Waals surface area contributed by atoms with E-state index in [2.05, 4.69) is 15.9 Å². The van der Waals surface area contributed by atoms with Gasteiger partial charge in [0.15, 0.2) is 5.78 Å². The first-order chi connectivity index (χ1) is 18.8. The molecule has 3 aromatic rings. The van der Waals surface area contributed by atoms with E-state index in [4.69, 9.17) is 9.47 Å². The first-order valence-corrected chi connectivity index (χ1v) is 13.2. The van der Waals surface area contributed by atoms with Crippen LogP contribution < -0.4 is 19.3 Å². The fraction of sp³-hybridized carbons (Fsp3) is 0.200. The molecule has 0 radical (unpaired) electrons. The summed E-state index contributed by atoms with van der Waals surface area (Å²) in [6.07, 6.45) is 3.86. The van der Waals surface area contributed by atoms with Gasteiger partial charge in [0.2, 0.25) is 11.8 Å². The molecule has 6 rings (SSSR count). The van der Waals surface area contributed by atoms with Crippen LogP contribution in [-0.2, 0) is 14.4 Å². The number of carbonyl (C=O) groups excluding carboxylic acids is 4. The van der Waals surface area contributed by atoms with Crippen LogP contribution in [0.5, 0.6) is 11.5 Å². The van der Waals surface area contributed by atoms with Gasteiger partial charge < -0.3 is 14.4 Å². The van der Waals surface area contributed by atoms with Crippen LogP contribution in [0.25, 0.3) is 6.08 Å². The Kier molecular flexibility index (Phi) is 6.10. The van der Waals surface area contributed by atoms with Crippen molar-refractivity contribution in [3.63, 3.8) is 0 Å². The Hall–Kier alpha value is -4.24. The highest BCUT2D eigenvalue weighted by Gasteiger charge is 2.64. The van der Waals surface area contributed by atoms with Gasteiger partial charge in [-0.25, -0.2) is 4.90 Å². The van der Waals surface area contributed by atoms with Gasteiger partial charge in [-0.2, -0.15) is 0 Å². The van der Waals surface area contributed by atoms with E-state index in [0.717, 1.165) is 16.2 Å². The number of ether oxygens (including phenoxy) is 2. The lowest BCUT2D eigenvalue weighted by Crippen LogP contribution is -2.48. The molecule has 0 aromatic heterocycles. The van der Waals surface area contributed by atoms with Crippen molar-refractivity contribution < 1.29 is 28.7 Å². The van der Waals surface area contributed by atoms with Crippen LogP contribution in [0.3, 0.4) is 0 Å². The first kappa shape index (κ1) is 25.1. The van der Waals surface area contributed by atoms with Crippen molar-refractivity contribution in [2.45, 2.75) is 19.0 Å². The molecule has 8 nitrogen and oxygen atoms in total. The molecule has 3 aliphatic heterocycles. The topological polar surface area (TPSA) is 93.2 Å². The second-order valence-corrected chi connectivity index (χ2v) is 10.5. The minimum absolute atomic E-state index is 0.255. The van der Waals surface area contributed by atoms with Crippen molar-refractivity contribution >= 4 is 56.9 Å². The Bertz CT molecular complexity index is 1570. The average molecular weight is 587 g/mol. The van der Waals surface area contributed by atoms with Gasteiger partial charge in [0.1, 0.15) is 17.5 Å². The molecule has 3 aromatic carbocycles. The number of anilines is 2. The van der Waals surface area contributed by atoms with E-state index in [9.17, 15) is 19.2 Å². The van der Waals surface area contributed by atoms with Crippen LogP contribution >= 0.6 is 15.9 Å². The third kappa shape index (κ3) is 3.96. The molecule has 2 fully saturated rings. The van der Waals surface area contributed by atoms with E-state index in [1.165, 1.54) is 19.1 Å². The zero-order valence-electron chi connectivity index (χ0n) is 21.0. The lowest BCUT2D eigenvalue weighted by molar-refractivity contribution is -0.132. The van der Waals surface area contributed by atoms with Crippen LogP contribution in [0.1, 0.15) is 22.8 Å². The minimum Gasteiger partial charge on any atom is -0.496 e. The second kappa shape index (κ2) is 9.50. The van der Waals surface area contributed by atoms with Gasteiger partial charge in [-0.05, 0) is 70.0 Å². The Balaban J connectivity index is 1.43. The maximum Gasteiger partial charge on any atom is 0.308 e. The van der Waals surface area contributed by atoms with Gasteiger partial charge in [-0.1, -0.05) is 30.4 Å². The average Bonchev–Trinajstić information content (AvgIpc) is 3.41. The number of imide groups is 1. The predicted molar refractivity (Wildman–Crippen MR) is 148 cm³/mol. The summed E-state index contributed by atoms with van der Waals surface area (Å²) in [5.74, 6) is -2.27. The molecule has 0 unspecified atom stereocenters. The molecular weight excluding hydrogens is 564 g/mol. The predicted octanol–water partition coefficient (Wildman–Crippen LogP) is 4.66. The van der Waals surface area contributed by atoms with Gasteiger partial charge in [0.05, 0.1) is 35.1 Å². The van der Waals surface area contributed by atoms with Crippen LogP contribution in [0, 0.1) is 11.8 Å². The Labute approximate surface area is 232 Å². The van der Waals surface area contributed by atoms with Crippen molar-refractivity contribution in [2.24, 2.45) is 11.8 Å². The highest BCUT2D eigenvalue weighted by Crippen LogP contribution is 2.50. The molecule has 4 atom stereocenters. The van der Waals surface area contributed by atoms with E-state index in [0.29, 0.717) is 27.2 Å². The van der Waals surface area contributed by atoms with Crippen molar-refractivity contribution in [1.82, 2.24) is 0 Å². The molecule has 3 aliphatic rings. The summed E-state index contributed by atoms with van der Waals surface area (Å²) in [5.41, 5.74) is 2.49. The molecule has 9 heteroatoms. The first-order valence-electron chi connectivity index (χ1n) is 12.4. The molecule has 3 heterocycles. The molecule has 0 spiro atoms. The van der Waals surface area contributed by atoms with Crippen LogP contribution in [0.4, 0.5) is 11.4 Å². The van der Waals surface area contributed by atoms with Crippen LogP contribution in [0.15, 0.2) is 77.3 Å². The van der Waals surface area contributed by atoms with Gasteiger partial charge >= 0.3 is 5.97 Å². The summed E-state index contributed by atoms with van der Waals surface area (Å²) in [4.78, 5) is 56.5. The van der Waals surface area contributed by atoms with Crippen molar-refractivity contribution in [2.75, 3.05) is 16.9 Å². The Morgan fingerprint density at radius 1 is 0.923 bits per heavy atom. The second-order valence-electron chi connectivity index (χ2n) is 9.63. The van der Waals surface area contributed by atoms with Gasteiger partial charge in [0, 0.05) is 18.2 Å². The number of para-hydroxylation sites is 1. The lowest BCUT2D eigenvalue weighted by Gasteiger charge is -2.36. The molecular formula is C30H23BrN2O6. The monoisotopic (exact) mass is 586 g/mol. The van der Waals surface area contributed by atoms with E-state index in [1.807, 2.05) is 41.3 Å². The quantitative estimate of drug-likeness (QED) is 0.186. The number of halogens is 1. The molecule has 0 bridgehead atoms. The van der Waals surface area contributed by atoms with E-state index in [-0.39, 0.29) is 11.7 Å². The molecule has 0 aliphatic carbocycles. The van der Waals surface area contributed by atoms with E-state index in [1.54, 1.807) is 37.4 Å². The third-order valence-electron chi connectivity index (χ3n) is 7.48. The summed E-state index contributed by atoms with van der Waals surface area (Å²) in [7, 11) is 1.54. The largest absolute Gasteiger partial charge is 0.496 e. The Morgan fingerprint density at radius 2 is 1.64 bits per heavy atom. The molecule has 0 saturated carbocycles. The standard InChI is InChI=1S/C30H23BrN2O6/c1-16(34)39-20-11-9-19(10-12-20)32-29(36)25-23-13-7-17-5-3-4-6-22(17)33(23)27(26(25)30(32)37)28(35)18-8-14-24(38-2)21(31)15-18/h3-15,23,25-27H,1-2H3/t23-,25-,26-,27+/m1/s1.